The van der Waals surface area contributed by atoms with E-state index in [1.165, 1.54) is 25.0 Å². The predicted octanol–water partition coefficient (Wildman–Crippen LogP) is 6.87. The highest BCUT2D eigenvalue weighted by atomic mass is 19.4. The van der Waals surface area contributed by atoms with E-state index in [1.807, 2.05) is 19.2 Å². The maximum absolute atomic E-state index is 13.6. The maximum Gasteiger partial charge on any atom is 0.417 e. The molecule has 0 radical (unpaired) electrons. The fraction of sp³-hybridized carbons (Fsp3) is 0.481. The zero-order valence-corrected chi connectivity index (χ0v) is 19.6. The minimum atomic E-state index is -4.45. The van der Waals surface area contributed by atoms with E-state index >= 15 is 0 Å². The van der Waals surface area contributed by atoms with Gasteiger partial charge in [0.15, 0.2) is 0 Å². The Balaban J connectivity index is 1.12. The summed E-state index contributed by atoms with van der Waals surface area (Å²) >= 11 is 0. The van der Waals surface area contributed by atoms with Crippen LogP contribution >= 0.6 is 0 Å². The Morgan fingerprint density at radius 2 is 1.91 bits per heavy atom. The third-order valence-corrected chi connectivity index (χ3v) is 7.80. The molecule has 5 nitrogen and oxygen atoms in total. The lowest BCUT2D eigenvalue weighted by molar-refractivity contribution is -0.137. The summed E-state index contributed by atoms with van der Waals surface area (Å²) in [5, 5.41) is 8.24. The first-order valence-corrected chi connectivity index (χ1v) is 12.3. The van der Waals surface area contributed by atoms with Crippen molar-refractivity contribution in [2.45, 2.75) is 50.6 Å². The Morgan fingerprint density at radius 1 is 1.14 bits per heavy atom. The quantitative estimate of drug-likeness (QED) is 0.368. The number of aryl methyl sites for hydroxylation is 1. The largest absolute Gasteiger partial charge is 0.478 e. The SMILES string of the molecule is Cn1nccc1OCC1CC2(CC(/C=C/c3c(-c4ccccc4C(F)(F)F)noc3C3CC3)C2)C1. The zero-order chi connectivity index (χ0) is 24.2. The number of allylic oxidation sites excluding steroid dienone is 1. The molecule has 0 saturated heterocycles. The fourth-order valence-electron chi connectivity index (χ4n) is 5.99. The highest BCUT2D eigenvalue weighted by molar-refractivity contribution is 5.76. The average molecular weight is 484 g/mol. The molecule has 2 aromatic heterocycles. The molecule has 1 spiro atoms. The monoisotopic (exact) mass is 483 g/mol. The van der Waals surface area contributed by atoms with Crippen molar-refractivity contribution in [3.05, 3.63) is 59.5 Å². The van der Waals surface area contributed by atoms with Gasteiger partial charge in [-0.1, -0.05) is 35.5 Å². The molecule has 8 heteroatoms. The standard InChI is InChI=1S/C27H28F3N3O2/c1-33-23(10-11-31-33)34-16-18-14-26(15-18)12-17(13-26)6-9-21-24(32-35-25(21)19-7-8-19)20-4-2-3-5-22(20)27(28,29)30/h2-6,9-11,17-19H,7-8,12-16H2,1H3/b9-6+. The molecule has 3 aliphatic carbocycles. The molecule has 0 bridgehead atoms. The van der Waals surface area contributed by atoms with Crippen molar-refractivity contribution < 1.29 is 22.4 Å². The van der Waals surface area contributed by atoms with E-state index < -0.39 is 11.7 Å². The highest BCUT2D eigenvalue weighted by Crippen LogP contribution is 2.61. The second kappa shape index (κ2) is 8.28. The number of ether oxygens (including phenoxy) is 1. The molecule has 6 rings (SSSR count). The Kier molecular flexibility index (Phi) is 5.31. The van der Waals surface area contributed by atoms with Gasteiger partial charge in [0, 0.05) is 30.2 Å². The van der Waals surface area contributed by atoms with Crippen LogP contribution in [0.4, 0.5) is 13.2 Å². The lowest BCUT2D eigenvalue weighted by atomic mass is 9.48. The summed E-state index contributed by atoms with van der Waals surface area (Å²) in [6, 6.07) is 7.49. The number of alkyl halides is 3. The summed E-state index contributed by atoms with van der Waals surface area (Å²) in [6.07, 6.45) is 7.95. The minimum absolute atomic E-state index is 0.0793. The number of nitrogens with zero attached hydrogens (tertiary/aromatic N) is 3. The van der Waals surface area contributed by atoms with E-state index in [4.69, 9.17) is 9.26 Å². The average Bonchev–Trinajstić information content (AvgIpc) is 3.40. The summed E-state index contributed by atoms with van der Waals surface area (Å²) in [5.74, 6) is 2.77. The molecule has 0 unspecified atom stereocenters. The van der Waals surface area contributed by atoms with Crippen molar-refractivity contribution in [2.75, 3.05) is 6.61 Å². The van der Waals surface area contributed by atoms with E-state index in [-0.39, 0.29) is 11.5 Å². The molecule has 3 aromatic rings. The van der Waals surface area contributed by atoms with Gasteiger partial charge in [0.2, 0.25) is 5.88 Å². The first kappa shape index (κ1) is 22.4. The van der Waals surface area contributed by atoms with E-state index in [9.17, 15) is 13.2 Å². The number of rotatable bonds is 7. The van der Waals surface area contributed by atoms with Crippen LogP contribution < -0.4 is 4.74 Å². The Bertz CT molecular complexity index is 1240. The summed E-state index contributed by atoms with van der Waals surface area (Å²) in [4.78, 5) is 0. The lowest BCUT2D eigenvalue weighted by Gasteiger charge is -2.57. The molecule has 35 heavy (non-hydrogen) atoms. The van der Waals surface area contributed by atoms with Gasteiger partial charge in [0.25, 0.3) is 0 Å². The van der Waals surface area contributed by atoms with Gasteiger partial charge in [-0.15, -0.1) is 0 Å². The van der Waals surface area contributed by atoms with Crippen LogP contribution in [0.1, 0.15) is 61.3 Å². The van der Waals surface area contributed by atoms with Crippen molar-refractivity contribution in [2.24, 2.45) is 24.3 Å². The van der Waals surface area contributed by atoms with Crippen LogP contribution in [0.15, 0.2) is 47.1 Å². The van der Waals surface area contributed by atoms with Crippen LogP contribution in [0.5, 0.6) is 5.88 Å². The first-order chi connectivity index (χ1) is 16.8. The first-order valence-electron chi connectivity index (χ1n) is 12.3. The van der Waals surface area contributed by atoms with Crippen molar-refractivity contribution in [1.82, 2.24) is 14.9 Å². The summed E-state index contributed by atoms with van der Waals surface area (Å²) in [5.41, 5.74) is 0.801. The molecular formula is C27H28F3N3O2. The van der Waals surface area contributed by atoms with Crippen molar-refractivity contribution in [3.63, 3.8) is 0 Å². The lowest BCUT2D eigenvalue weighted by Crippen LogP contribution is -2.48. The molecule has 2 heterocycles. The maximum atomic E-state index is 13.6. The van der Waals surface area contributed by atoms with Crippen LogP contribution in [0.25, 0.3) is 17.3 Å². The predicted molar refractivity (Wildman–Crippen MR) is 125 cm³/mol. The van der Waals surface area contributed by atoms with Crippen LogP contribution in [0.2, 0.25) is 0 Å². The second-order valence-electron chi connectivity index (χ2n) is 10.5. The fourth-order valence-corrected chi connectivity index (χ4v) is 5.99. The van der Waals surface area contributed by atoms with E-state index in [1.54, 1.807) is 16.9 Å². The zero-order valence-electron chi connectivity index (χ0n) is 19.6. The topological polar surface area (TPSA) is 53.1 Å². The van der Waals surface area contributed by atoms with Gasteiger partial charge in [-0.2, -0.15) is 18.3 Å². The number of hydrogen-bond acceptors (Lipinski definition) is 4. The molecule has 1 aromatic carbocycles. The normalized spacial score (nSPS) is 26.2. The van der Waals surface area contributed by atoms with Crippen LogP contribution in [-0.2, 0) is 13.2 Å². The molecule has 184 valence electrons. The van der Waals surface area contributed by atoms with Gasteiger partial charge in [0.05, 0.1) is 18.4 Å². The van der Waals surface area contributed by atoms with Crippen molar-refractivity contribution in [3.8, 4) is 17.1 Å². The Morgan fingerprint density at radius 3 is 2.60 bits per heavy atom. The number of aromatic nitrogens is 3. The van der Waals surface area contributed by atoms with Gasteiger partial charge in [0.1, 0.15) is 11.5 Å². The van der Waals surface area contributed by atoms with Crippen LogP contribution in [-0.4, -0.2) is 21.5 Å². The van der Waals surface area contributed by atoms with Crippen LogP contribution in [0, 0.1) is 17.3 Å². The van der Waals surface area contributed by atoms with Crippen LogP contribution in [0.3, 0.4) is 0 Å². The molecule has 0 atom stereocenters. The highest BCUT2D eigenvalue weighted by Gasteiger charge is 2.52. The minimum Gasteiger partial charge on any atom is -0.478 e. The smallest absolute Gasteiger partial charge is 0.417 e. The van der Waals surface area contributed by atoms with Gasteiger partial charge in [-0.05, 0) is 61.8 Å². The summed E-state index contributed by atoms with van der Waals surface area (Å²) < 4.78 is 54.2. The van der Waals surface area contributed by atoms with Gasteiger partial charge < -0.3 is 9.26 Å². The number of benzene rings is 1. The number of halogens is 3. The Hall–Kier alpha value is -3.03. The molecule has 0 N–H and O–H groups in total. The summed E-state index contributed by atoms with van der Waals surface area (Å²) in [7, 11) is 1.87. The van der Waals surface area contributed by atoms with Gasteiger partial charge >= 0.3 is 6.18 Å². The molecule has 0 aliphatic heterocycles. The summed E-state index contributed by atoms with van der Waals surface area (Å²) in [6.45, 7) is 0.717. The Labute approximate surface area is 201 Å². The second-order valence-corrected chi connectivity index (χ2v) is 10.5. The molecule has 0 amide bonds. The van der Waals surface area contributed by atoms with Gasteiger partial charge in [-0.25, -0.2) is 4.68 Å². The van der Waals surface area contributed by atoms with Crippen molar-refractivity contribution in [1.29, 1.82) is 0 Å². The van der Waals surface area contributed by atoms with Gasteiger partial charge in [-0.3, -0.25) is 0 Å². The third-order valence-electron chi connectivity index (χ3n) is 7.80. The third kappa shape index (κ3) is 4.28. The molecular weight excluding hydrogens is 455 g/mol. The van der Waals surface area contributed by atoms with E-state index in [0.717, 1.165) is 50.0 Å². The number of hydrogen-bond donors (Lipinski definition) is 0. The molecule has 3 aliphatic rings. The van der Waals surface area contributed by atoms with Crippen molar-refractivity contribution >= 4 is 6.08 Å². The van der Waals surface area contributed by atoms with E-state index in [0.29, 0.717) is 28.5 Å². The molecule has 3 saturated carbocycles. The molecule has 3 fully saturated rings. The van der Waals surface area contributed by atoms with E-state index in [2.05, 4.69) is 16.3 Å².